The van der Waals surface area contributed by atoms with Gasteiger partial charge in [0.05, 0.1) is 13.0 Å². The minimum atomic E-state index is -0.787. The minimum Gasteiger partial charge on any atom is -0.497 e. The van der Waals surface area contributed by atoms with Crippen molar-refractivity contribution in [1.29, 1.82) is 0 Å². The maximum absolute atomic E-state index is 11.7. The SMILES string of the molecule is COc1ccc(N)c(C(C(=O)O)C2CCC(C)CC2)c1. The van der Waals surface area contributed by atoms with E-state index in [2.05, 4.69) is 6.92 Å². The Morgan fingerprint density at radius 1 is 1.35 bits per heavy atom. The van der Waals surface area contributed by atoms with E-state index in [1.165, 1.54) is 0 Å². The fraction of sp³-hybridized carbons (Fsp3) is 0.562. The van der Waals surface area contributed by atoms with Crippen molar-refractivity contribution in [3.05, 3.63) is 23.8 Å². The van der Waals surface area contributed by atoms with E-state index in [-0.39, 0.29) is 5.92 Å². The Morgan fingerprint density at radius 2 is 2.00 bits per heavy atom. The quantitative estimate of drug-likeness (QED) is 0.828. The third-order valence-corrected chi connectivity index (χ3v) is 4.43. The van der Waals surface area contributed by atoms with Crippen LogP contribution in [-0.4, -0.2) is 18.2 Å². The number of hydrogen-bond acceptors (Lipinski definition) is 3. The van der Waals surface area contributed by atoms with Gasteiger partial charge in [-0.2, -0.15) is 0 Å². The van der Waals surface area contributed by atoms with Crippen LogP contribution in [0.4, 0.5) is 5.69 Å². The van der Waals surface area contributed by atoms with Crippen LogP contribution in [0.15, 0.2) is 18.2 Å². The number of carboxylic acid groups (broad SMARTS) is 1. The number of carbonyl (C=O) groups is 1. The highest BCUT2D eigenvalue weighted by Crippen LogP contribution is 2.40. The van der Waals surface area contributed by atoms with E-state index in [0.717, 1.165) is 25.7 Å². The van der Waals surface area contributed by atoms with Crippen LogP contribution in [0.1, 0.15) is 44.1 Å². The molecule has 0 saturated heterocycles. The van der Waals surface area contributed by atoms with Crippen molar-refractivity contribution in [3.8, 4) is 5.75 Å². The second-order valence-electron chi connectivity index (χ2n) is 5.83. The number of methoxy groups -OCH3 is 1. The monoisotopic (exact) mass is 277 g/mol. The first kappa shape index (κ1) is 14.7. The summed E-state index contributed by atoms with van der Waals surface area (Å²) >= 11 is 0. The Kier molecular flexibility index (Phi) is 4.53. The number of ether oxygens (including phenoxy) is 1. The summed E-state index contributed by atoms with van der Waals surface area (Å²) in [5.41, 5.74) is 7.23. The molecule has 0 radical (unpaired) electrons. The van der Waals surface area contributed by atoms with Crippen LogP contribution < -0.4 is 10.5 Å². The van der Waals surface area contributed by atoms with E-state index in [1.54, 1.807) is 25.3 Å². The molecule has 1 atom stereocenters. The van der Waals surface area contributed by atoms with Crippen molar-refractivity contribution in [2.45, 2.75) is 38.5 Å². The van der Waals surface area contributed by atoms with Crippen molar-refractivity contribution >= 4 is 11.7 Å². The normalized spacial score (nSPS) is 24.1. The maximum atomic E-state index is 11.7. The lowest BCUT2D eigenvalue weighted by Gasteiger charge is -2.31. The molecule has 1 aromatic rings. The average Bonchev–Trinajstić information content (AvgIpc) is 2.43. The first-order chi connectivity index (χ1) is 9.52. The van der Waals surface area contributed by atoms with E-state index < -0.39 is 11.9 Å². The number of carboxylic acids is 1. The summed E-state index contributed by atoms with van der Waals surface area (Å²) in [6.45, 7) is 2.23. The van der Waals surface area contributed by atoms with Crippen molar-refractivity contribution in [1.82, 2.24) is 0 Å². The fourth-order valence-corrected chi connectivity index (χ4v) is 3.16. The molecule has 4 nitrogen and oxygen atoms in total. The van der Waals surface area contributed by atoms with Crippen molar-refractivity contribution < 1.29 is 14.6 Å². The summed E-state index contributed by atoms with van der Waals surface area (Å²) in [4.78, 5) is 11.7. The molecule has 0 amide bonds. The Hall–Kier alpha value is -1.71. The number of nitrogen functional groups attached to an aromatic ring is 1. The van der Waals surface area contributed by atoms with Gasteiger partial charge in [-0.1, -0.05) is 19.8 Å². The number of hydrogen-bond donors (Lipinski definition) is 2. The molecular weight excluding hydrogens is 254 g/mol. The Labute approximate surface area is 119 Å². The molecule has 3 N–H and O–H groups in total. The molecule has 1 aliphatic rings. The molecular formula is C16H23NO3. The maximum Gasteiger partial charge on any atom is 0.311 e. The summed E-state index contributed by atoms with van der Waals surface area (Å²) < 4.78 is 5.20. The summed E-state index contributed by atoms with van der Waals surface area (Å²) in [5.74, 6) is 0.202. The molecule has 1 saturated carbocycles. The average molecular weight is 277 g/mol. The van der Waals surface area contributed by atoms with Crippen LogP contribution in [-0.2, 0) is 4.79 Å². The van der Waals surface area contributed by atoms with Gasteiger partial charge in [0.15, 0.2) is 0 Å². The van der Waals surface area contributed by atoms with E-state index in [9.17, 15) is 9.90 Å². The lowest BCUT2D eigenvalue weighted by atomic mass is 9.73. The van der Waals surface area contributed by atoms with Gasteiger partial charge < -0.3 is 15.6 Å². The largest absolute Gasteiger partial charge is 0.497 e. The Morgan fingerprint density at radius 3 is 2.55 bits per heavy atom. The van der Waals surface area contributed by atoms with Crippen LogP contribution >= 0.6 is 0 Å². The predicted octanol–water partition coefficient (Wildman–Crippen LogP) is 3.27. The first-order valence-electron chi connectivity index (χ1n) is 7.19. The molecule has 1 unspecified atom stereocenters. The summed E-state index contributed by atoms with van der Waals surface area (Å²) in [5, 5.41) is 9.64. The van der Waals surface area contributed by atoms with E-state index >= 15 is 0 Å². The van der Waals surface area contributed by atoms with Gasteiger partial charge in [-0.3, -0.25) is 4.79 Å². The molecule has 1 aliphatic carbocycles. The fourth-order valence-electron chi connectivity index (χ4n) is 3.16. The molecule has 0 bridgehead atoms. The number of nitrogens with two attached hydrogens (primary N) is 1. The molecule has 0 heterocycles. The van der Waals surface area contributed by atoms with E-state index in [4.69, 9.17) is 10.5 Å². The number of rotatable bonds is 4. The van der Waals surface area contributed by atoms with Gasteiger partial charge in [-0.25, -0.2) is 0 Å². The molecule has 110 valence electrons. The van der Waals surface area contributed by atoms with E-state index in [1.807, 2.05) is 0 Å². The number of anilines is 1. The van der Waals surface area contributed by atoms with Gasteiger partial charge in [0, 0.05) is 5.69 Å². The zero-order valence-corrected chi connectivity index (χ0v) is 12.1. The van der Waals surface area contributed by atoms with Crippen LogP contribution in [0.3, 0.4) is 0 Å². The van der Waals surface area contributed by atoms with Crippen LogP contribution in [0.5, 0.6) is 5.75 Å². The molecule has 0 spiro atoms. The van der Waals surface area contributed by atoms with Crippen molar-refractivity contribution in [3.63, 3.8) is 0 Å². The van der Waals surface area contributed by atoms with Gasteiger partial charge in [-0.15, -0.1) is 0 Å². The van der Waals surface area contributed by atoms with Gasteiger partial charge >= 0.3 is 5.97 Å². The third kappa shape index (κ3) is 3.06. The van der Waals surface area contributed by atoms with E-state index in [0.29, 0.717) is 22.9 Å². The molecule has 1 fully saturated rings. The van der Waals surface area contributed by atoms with Gasteiger partial charge in [0.1, 0.15) is 5.75 Å². The summed E-state index contributed by atoms with van der Waals surface area (Å²) in [6, 6.07) is 5.27. The standard InChI is InChI=1S/C16H23NO3/c1-10-3-5-11(6-4-10)15(16(18)19)13-9-12(20-2)7-8-14(13)17/h7-11,15H,3-6,17H2,1-2H3,(H,18,19). The molecule has 2 rings (SSSR count). The van der Waals surface area contributed by atoms with Gasteiger partial charge in [-0.05, 0) is 48.4 Å². The lowest BCUT2D eigenvalue weighted by Crippen LogP contribution is -2.26. The Bertz CT molecular complexity index is 479. The highest BCUT2D eigenvalue weighted by Gasteiger charge is 2.33. The van der Waals surface area contributed by atoms with Crippen molar-refractivity contribution in [2.24, 2.45) is 11.8 Å². The Balaban J connectivity index is 2.31. The molecule has 0 aliphatic heterocycles. The molecule has 0 aromatic heterocycles. The zero-order chi connectivity index (χ0) is 14.7. The molecule has 20 heavy (non-hydrogen) atoms. The summed E-state index contributed by atoms with van der Waals surface area (Å²) in [6.07, 6.45) is 4.10. The van der Waals surface area contributed by atoms with Crippen molar-refractivity contribution in [2.75, 3.05) is 12.8 Å². The smallest absolute Gasteiger partial charge is 0.311 e. The van der Waals surface area contributed by atoms with Gasteiger partial charge in [0.2, 0.25) is 0 Å². The predicted molar refractivity (Wildman–Crippen MR) is 78.9 cm³/mol. The van der Waals surface area contributed by atoms with Crippen LogP contribution in [0.2, 0.25) is 0 Å². The van der Waals surface area contributed by atoms with Gasteiger partial charge in [0.25, 0.3) is 0 Å². The topological polar surface area (TPSA) is 72.5 Å². The lowest BCUT2D eigenvalue weighted by molar-refractivity contribution is -0.140. The third-order valence-electron chi connectivity index (χ3n) is 4.43. The second kappa shape index (κ2) is 6.16. The minimum absolute atomic E-state index is 0.165. The second-order valence-corrected chi connectivity index (χ2v) is 5.83. The highest BCUT2D eigenvalue weighted by atomic mass is 16.5. The first-order valence-corrected chi connectivity index (χ1v) is 7.19. The molecule has 1 aromatic carbocycles. The van der Waals surface area contributed by atoms with Crippen LogP contribution in [0, 0.1) is 11.8 Å². The number of aliphatic carboxylic acids is 1. The zero-order valence-electron chi connectivity index (χ0n) is 12.1. The number of benzene rings is 1. The van der Waals surface area contributed by atoms with Crippen LogP contribution in [0.25, 0.3) is 0 Å². The highest BCUT2D eigenvalue weighted by molar-refractivity contribution is 5.79. The summed E-state index contributed by atoms with van der Waals surface area (Å²) in [7, 11) is 1.58. The molecule has 4 heteroatoms.